The molecule has 0 aromatic heterocycles. The lowest BCUT2D eigenvalue weighted by molar-refractivity contribution is -1.18. The van der Waals surface area contributed by atoms with Gasteiger partial charge in [-0.05, 0) is 51.5 Å². The summed E-state index contributed by atoms with van der Waals surface area (Å²) < 4.78 is 5.81. The average molecular weight is 359 g/mol. The van der Waals surface area contributed by atoms with Gasteiger partial charge in [0.15, 0.2) is 5.78 Å². The highest BCUT2D eigenvalue weighted by atomic mass is 16.5. The number of Topliss-reactive ketones (excluding diaryl/α,β-unsaturated/α-hetero) is 1. The van der Waals surface area contributed by atoms with E-state index in [2.05, 4.69) is 52.0 Å². The van der Waals surface area contributed by atoms with E-state index in [1.165, 1.54) is 18.4 Å². The van der Waals surface area contributed by atoms with Crippen LogP contribution < -0.4 is 14.5 Å². The molecule has 1 aromatic carbocycles. The van der Waals surface area contributed by atoms with Gasteiger partial charge < -0.3 is 4.74 Å². The van der Waals surface area contributed by atoms with Crippen molar-refractivity contribution in [3.05, 3.63) is 29.8 Å². The number of ketones is 1. The molecular formula is C22H34N2O2+2. The van der Waals surface area contributed by atoms with Gasteiger partial charge in [-0.3, -0.25) is 14.6 Å². The Hall–Kier alpha value is -1.39. The minimum atomic E-state index is -0.119. The Morgan fingerprint density at radius 3 is 2.27 bits per heavy atom. The van der Waals surface area contributed by atoms with Crippen molar-refractivity contribution in [3.8, 4) is 5.75 Å². The van der Waals surface area contributed by atoms with Crippen LogP contribution in [0.4, 0.5) is 0 Å². The minimum absolute atomic E-state index is 0.0663. The highest BCUT2D eigenvalue weighted by Crippen LogP contribution is 2.39. The van der Waals surface area contributed by atoms with Crippen molar-refractivity contribution < 1.29 is 19.3 Å². The number of piperidine rings is 2. The quantitative estimate of drug-likeness (QED) is 0.797. The Morgan fingerprint density at radius 1 is 1.12 bits per heavy atom. The molecule has 0 radical (unpaired) electrons. The summed E-state index contributed by atoms with van der Waals surface area (Å²) >= 11 is 0. The van der Waals surface area contributed by atoms with Gasteiger partial charge >= 0.3 is 0 Å². The van der Waals surface area contributed by atoms with Crippen LogP contribution in [-0.4, -0.2) is 38.1 Å². The number of ether oxygens (including phenoxy) is 1. The molecule has 142 valence electrons. The Morgan fingerprint density at radius 2 is 1.73 bits per heavy atom. The fourth-order valence-electron chi connectivity index (χ4n) is 6.07. The fourth-order valence-corrected chi connectivity index (χ4v) is 6.07. The van der Waals surface area contributed by atoms with E-state index in [1.807, 2.05) is 0 Å². The van der Waals surface area contributed by atoms with Crippen LogP contribution in [0.1, 0.15) is 58.7 Å². The molecule has 4 saturated heterocycles. The minimum Gasteiger partial charge on any atom is -0.491 e. The van der Waals surface area contributed by atoms with Gasteiger partial charge in [-0.2, -0.15) is 0 Å². The Balaban J connectivity index is 1.59. The monoisotopic (exact) mass is 358 g/mol. The van der Waals surface area contributed by atoms with Crippen LogP contribution in [0.15, 0.2) is 24.3 Å². The van der Waals surface area contributed by atoms with Gasteiger partial charge in [-0.1, -0.05) is 19.8 Å². The topological polar surface area (TPSA) is 35.2 Å². The van der Waals surface area contributed by atoms with E-state index >= 15 is 0 Å². The molecule has 2 N–H and O–H groups in total. The summed E-state index contributed by atoms with van der Waals surface area (Å²) in [6.07, 6.45) is 4.11. The number of carbonyl (C=O) groups excluding carboxylic acids is 1. The predicted molar refractivity (Wildman–Crippen MR) is 101 cm³/mol. The van der Waals surface area contributed by atoms with Crippen LogP contribution >= 0.6 is 0 Å². The second-order valence-electron chi connectivity index (χ2n) is 9.47. The summed E-state index contributed by atoms with van der Waals surface area (Å²) in [5, 5.41) is 0. The summed E-state index contributed by atoms with van der Waals surface area (Å²) in [5.74, 6) is 1.52. The van der Waals surface area contributed by atoms with E-state index in [1.54, 1.807) is 9.80 Å². The van der Waals surface area contributed by atoms with Crippen molar-refractivity contribution in [2.75, 3.05) is 26.2 Å². The van der Waals surface area contributed by atoms with Crippen LogP contribution in [0, 0.1) is 10.8 Å². The molecule has 4 bridgehead atoms. The summed E-state index contributed by atoms with van der Waals surface area (Å²) in [6.45, 7) is 12.6. The van der Waals surface area contributed by atoms with Crippen LogP contribution in [0.2, 0.25) is 0 Å². The second kappa shape index (κ2) is 6.35. The second-order valence-corrected chi connectivity index (χ2v) is 9.47. The first-order valence-corrected chi connectivity index (χ1v) is 10.4. The molecule has 2 atom stereocenters. The van der Waals surface area contributed by atoms with Crippen molar-refractivity contribution in [3.63, 3.8) is 0 Å². The van der Waals surface area contributed by atoms with E-state index in [9.17, 15) is 4.79 Å². The largest absolute Gasteiger partial charge is 0.491 e. The molecule has 4 nitrogen and oxygen atoms in total. The highest BCUT2D eigenvalue weighted by molar-refractivity contribution is 5.91. The molecule has 0 spiro atoms. The highest BCUT2D eigenvalue weighted by Gasteiger charge is 2.69. The molecule has 4 aliphatic heterocycles. The number of hydrogen-bond acceptors (Lipinski definition) is 2. The number of unbranched alkanes of at least 4 members (excludes halogenated alkanes) is 1. The van der Waals surface area contributed by atoms with Gasteiger partial charge in [0.1, 0.15) is 29.7 Å². The maximum atomic E-state index is 13.3. The predicted octanol–water partition coefficient (Wildman–Crippen LogP) is 1.04. The van der Waals surface area contributed by atoms with E-state index < -0.39 is 0 Å². The molecule has 1 aromatic rings. The molecule has 4 aliphatic rings. The SMILES string of the molecule is CCCCC12C[NH+]3CC(C)(C[NH+](C1)C3c1ccc(OC(C)C)cc1)C2=O. The molecule has 0 amide bonds. The lowest BCUT2D eigenvalue weighted by Gasteiger charge is -2.59. The lowest BCUT2D eigenvalue weighted by atomic mass is 9.59. The van der Waals surface area contributed by atoms with Gasteiger partial charge in [-0.25, -0.2) is 0 Å². The van der Waals surface area contributed by atoms with Crippen molar-refractivity contribution in [1.29, 1.82) is 0 Å². The van der Waals surface area contributed by atoms with Crippen LogP contribution in [0.5, 0.6) is 5.75 Å². The first kappa shape index (κ1) is 18.0. The van der Waals surface area contributed by atoms with E-state index in [4.69, 9.17) is 4.74 Å². The normalized spacial score (nSPS) is 38.2. The molecule has 5 rings (SSSR count). The zero-order valence-corrected chi connectivity index (χ0v) is 16.7. The maximum absolute atomic E-state index is 13.3. The summed E-state index contributed by atoms with van der Waals surface area (Å²) in [6, 6.07) is 8.71. The number of hydrogen-bond donors (Lipinski definition) is 2. The zero-order chi connectivity index (χ0) is 18.5. The van der Waals surface area contributed by atoms with Gasteiger partial charge in [0, 0.05) is 0 Å². The lowest BCUT2D eigenvalue weighted by Crippen LogP contribution is -3.41. The summed E-state index contributed by atoms with van der Waals surface area (Å²) in [7, 11) is 0. The summed E-state index contributed by atoms with van der Waals surface area (Å²) in [4.78, 5) is 16.5. The van der Waals surface area contributed by atoms with E-state index in [0.29, 0.717) is 11.9 Å². The molecule has 26 heavy (non-hydrogen) atoms. The molecule has 4 heteroatoms. The molecule has 4 fully saturated rings. The molecular weight excluding hydrogens is 324 g/mol. The number of carbonyl (C=O) groups is 1. The average Bonchev–Trinajstić information content (AvgIpc) is 2.58. The van der Waals surface area contributed by atoms with E-state index in [-0.39, 0.29) is 16.9 Å². The Bertz CT molecular complexity index is 666. The van der Waals surface area contributed by atoms with Crippen LogP contribution in [0.3, 0.4) is 0 Å². The smallest absolute Gasteiger partial charge is 0.240 e. The molecule has 2 unspecified atom stereocenters. The zero-order valence-electron chi connectivity index (χ0n) is 16.7. The number of benzene rings is 1. The van der Waals surface area contributed by atoms with E-state index in [0.717, 1.165) is 38.3 Å². The third-order valence-electron chi connectivity index (χ3n) is 6.81. The van der Waals surface area contributed by atoms with Crippen LogP contribution in [-0.2, 0) is 4.79 Å². The van der Waals surface area contributed by atoms with Crippen LogP contribution in [0.25, 0.3) is 0 Å². The molecule has 4 heterocycles. The Kier molecular flexibility index (Phi) is 4.39. The molecule has 0 aliphatic carbocycles. The summed E-state index contributed by atoms with van der Waals surface area (Å²) in [5.41, 5.74) is 1.21. The van der Waals surface area contributed by atoms with Crippen molar-refractivity contribution in [2.24, 2.45) is 10.8 Å². The number of rotatable bonds is 6. The van der Waals surface area contributed by atoms with Crippen molar-refractivity contribution >= 4 is 5.78 Å². The Labute approximate surface area is 157 Å². The first-order valence-electron chi connectivity index (χ1n) is 10.4. The third kappa shape index (κ3) is 2.78. The maximum Gasteiger partial charge on any atom is 0.240 e. The third-order valence-corrected chi connectivity index (χ3v) is 6.81. The van der Waals surface area contributed by atoms with Crippen molar-refractivity contribution in [2.45, 2.75) is 59.2 Å². The van der Waals surface area contributed by atoms with Crippen molar-refractivity contribution in [1.82, 2.24) is 0 Å². The first-order chi connectivity index (χ1) is 12.4. The fraction of sp³-hybridized carbons (Fsp3) is 0.682. The number of nitrogens with one attached hydrogen (secondary N) is 2. The van der Waals surface area contributed by atoms with Gasteiger partial charge in [0.05, 0.1) is 24.8 Å². The molecule has 0 saturated carbocycles. The number of quaternary nitrogens is 2. The van der Waals surface area contributed by atoms with Gasteiger partial charge in [0.2, 0.25) is 6.17 Å². The van der Waals surface area contributed by atoms with Gasteiger partial charge in [-0.15, -0.1) is 0 Å². The van der Waals surface area contributed by atoms with Gasteiger partial charge in [0.25, 0.3) is 0 Å². The standard InChI is InChI=1S/C22H32N2O2/c1-5-6-11-22-14-23-12-21(4,20(22)25)13-24(15-22)19(23)17-7-9-18(10-8-17)26-16(2)3/h7-10,16,19H,5-6,11-15H2,1-4H3/p+2.